The van der Waals surface area contributed by atoms with Gasteiger partial charge in [0.25, 0.3) is 5.91 Å². The molecule has 0 aliphatic carbocycles. The lowest BCUT2D eigenvalue weighted by molar-refractivity contribution is -0.113. The molecule has 0 saturated carbocycles. The topological polar surface area (TPSA) is 39.7 Å². The predicted molar refractivity (Wildman–Crippen MR) is 105 cm³/mol. The van der Waals surface area contributed by atoms with Gasteiger partial charge in [0.15, 0.2) is 0 Å². The van der Waals surface area contributed by atoms with E-state index < -0.39 is 0 Å². The largest absolute Gasteiger partial charge is 0.304 e. The van der Waals surface area contributed by atoms with E-state index in [-0.39, 0.29) is 5.91 Å². The van der Waals surface area contributed by atoms with Gasteiger partial charge >= 0.3 is 0 Å². The van der Waals surface area contributed by atoms with Crippen molar-refractivity contribution in [3.05, 3.63) is 58.9 Å². The lowest BCUT2D eigenvalue weighted by atomic mass is 10.1. The lowest BCUT2D eigenvalue weighted by Crippen LogP contribution is -2.49. The van der Waals surface area contributed by atoms with Gasteiger partial charge in [-0.1, -0.05) is 23.7 Å². The molecular weight excluding hydrogens is 348 g/mol. The molecule has 0 spiro atoms. The second kappa shape index (κ2) is 7.19. The number of aromatic nitrogens is 1. The maximum Gasteiger partial charge on any atom is 0.260 e. The highest BCUT2D eigenvalue weighted by atomic mass is 35.5. The molecule has 26 heavy (non-hydrogen) atoms. The van der Waals surface area contributed by atoms with E-state index in [1.54, 1.807) is 12.4 Å². The van der Waals surface area contributed by atoms with Gasteiger partial charge in [0.1, 0.15) is 0 Å². The van der Waals surface area contributed by atoms with Crippen molar-refractivity contribution in [3.8, 4) is 0 Å². The summed E-state index contributed by atoms with van der Waals surface area (Å²) in [7, 11) is 2.13. The van der Waals surface area contributed by atoms with Crippen molar-refractivity contribution in [2.45, 2.75) is 0 Å². The molecule has 1 fully saturated rings. The number of amides is 1. The van der Waals surface area contributed by atoms with Gasteiger partial charge in [-0.05, 0) is 36.9 Å². The molecule has 1 amide bonds. The summed E-state index contributed by atoms with van der Waals surface area (Å²) in [6.45, 7) is 4.53. The van der Waals surface area contributed by atoms with Crippen LogP contribution in [0.15, 0.2) is 42.7 Å². The molecule has 6 heteroatoms. The summed E-state index contributed by atoms with van der Waals surface area (Å²) in [5, 5.41) is 0.641. The van der Waals surface area contributed by atoms with Gasteiger partial charge in [-0.25, -0.2) is 0 Å². The van der Waals surface area contributed by atoms with Gasteiger partial charge in [-0.15, -0.1) is 0 Å². The molecule has 0 unspecified atom stereocenters. The number of fused-ring (bicyclic) bond motifs is 1. The van der Waals surface area contributed by atoms with Crippen molar-refractivity contribution in [1.29, 1.82) is 0 Å². The molecule has 2 aliphatic heterocycles. The molecule has 134 valence electrons. The van der Waals surface area contributed by atoms with Crippen LogP contribution in [0.1, 0.15) is 11.1 Å². The number of benzene rings is 1. The molecule has 1 aromatic carbocycles. The second-order valence-electron chi connectivity index (χ2n) is 6.80. The predicted octanol–water partition coefficient (Wildman–Crippen LogP) is 2.83. The van der Waals surface area contributed by atoms with Crippen LogP contribution in [0.4, 0.5) is 5.69 Å². The number of likely N-dealkylation sites (N-methyl/N-ethyl adjacent to an activating group) is 1. The number of halogens is 1. The molecule has 0 radical (unpaired) electrons. The summed E-state index contributed by atoms with van der Waals surface area (Å²) in [5.41, 5.74) is 3.42. The third kappa shape index (κ3) is 3.38. The standard InChI is InChI=1S/C20H21ClN4O/c1-23-7-9-24(10-8-23)14-25-19-12-16(21)4-5-17(19)18(20(25)26)11-15-3-2-6-22-13-15/h2-6,11-13H,7-10,14H2,1H3/b18-11-. The molecule has 3 heterocycles. The Morgan fingerprint density at radius 3 is 2.73 bits per heavy atom. The molecule has 0 bridgehead atoms. The van der Waals surface area contributed by atoms with E-state index in [0.717, 1.165) is 43.0 Å². The Labute approximate surface area is 158 Å². The van der Waals surface area contributed by atoms with Crippen molar-refractivity contribution in [2.75, 3.05) is 44.8 Å². The fourth-order valence-electron chi connectivity index (χ4n) is 3.42. The minimum Gasteiger partial charge on any atom is -0.304 e. The van der Waals surface area contributed by atoms with Crippen LogP contribution in [0.25, 0.3) is 11.6 Å². The third-order valence-corrected chi connectivity index (χ3v) is 5.18. The molecular formula is C20H21ClN4O. The van der Waals surface area contributed by atoms with Crippen molar-refractivity contribution >= 4 is 34.8 Å². The molecule has 0 atom stereocenters. The molecule has 1 saturated heterocycles. The van der Waals surface area contributed by atoms with E-state index in [9.17, 15) is 4.79 Å². The van der Waals surface area contributed by atoms with Crippen LogP contribution in [0, 0.1) is 0 Å². The van der Waals surface area contributed by atoms with Gasteiger partial charge in [-0.3, -0.25) is 19.6 Å². The van der Waals surface area contributed by atoms with Gasteiger partial charge in [0.05, 0.1) is 12.4 Å². The van der Waals surface area contributed by atoms with Gasteiger partial charge in [0, 0.05) is 54.7 Å². The third-order valence-electron chi connectivity index (χ3n) is 4.95. The highest BCUT2D eigenvalue weighted by Gasteiger charge is 2.34. The summed E-state index contributed by atoms with van der Waals surface area (Å²) in [6, 6.07) is 9.48. The van der Waals surface area contributed by atoms with Crippen LogP contribution in [-0.4, -0.2) is 60.6 Å². The van der Waals surface area contributed by atoms with Crippen molar-refractivity contribution < 1.29 is 4.79 Å². The van der Waals surface area contributed by atoms with Gasteiger partial charge in [0.2, 0.25) is 0 Å². The highest BCUT2D eigenvalue weighted by Crippen LogP contribution is 2.39. The Morgan fingerprint density at radius 2 is 2.00 bits per heavy atom. The summed E-state index contributed by atoms with van der Waals surface area (Å²) in [5.74, 6) is 0.0186. The number of piperazine rings is 1. The number of hydrogen-bond acceptors (Lipinski definition) is 4. The summed E-state index contributed by atoms with van der Waals surface area (Å²) < 4.78 is 0. The minimum atomic E-state index is 0.0186. The van der Waals surface area contributed by atoms with Crippen LogP contribution in [0.3, 0.4) is 0 Å². The van der Waals surface area contributed by atoms with Crippen LogP contribution < -0.4 is 4.90 Å². The number of carbonyl (C=O) groups excluding carboxylic acids is 1. The smallest absolute Gasteiger partial charge is 0.260 e. The number of nitrogens with zero attached hydrogens (tertiary/aromatic N) is 4. The molecule has 2 aromatic rings. The highest BCUT2D eigenvalue weighted by molar-refractivity contribution is 6.37. The Morgan fingerprint density at radius 1 is 1.19 bits per heavy atom. The van der Waals surface area contributed by atoms with Crippen LogP contribution in [0.5, 0.6) is 0 Å². The Bertz CT molecular complexity index is 844. The number of hydrogen-bond donors (Lipinski definition) is 0. The number of rotatable bonds is 3. The van der Waals surface area contributed by atoms with E-state index in [4.69, 9.17) is 11.6 Å². The number of pyridine rings is 1. The van der Waals surface area contributed by atoms with E-state index in [2.05, 4.69) is 21.8 Å². The fraction of sp³-hybridized carbons (Fsp3) is 0.300. The van der Waals surface area contributed by atoms with Gasteiger partial charge < -0.3 is 4.90 Å². The van der Waals surface area contributed by atoms with Crippen LogP contribution in [-0.2, 0) is 4.79 Å². The summed E-state index contributed by atoms with van der Waals surface area (Å²) in [4.78, 5) is 23.8. The average Bonchev–Trinajstić information content (AvgIpc) is 2.89. The first-order valence-electron chi connectivity index (χ1n) is 8.76. The zero-order valence-electron chi connectivity index (χ0n) is 14.7. The van der Waals surface area contributed by atoms with Crippen LogP contribution in [0.2, 0.25) is 5.02 Å². The monoisotopic (exact) mass is 368 g/mol. The minimum absolute atomic E-state index is 0.0186. The average molecular weight is 369 g/mol. The summed E-state index contributed by atoms with van der Waals surface area (Å²) >= 11 is 6.22. The number of carbonyl (C=O) groups is 1. The lowest BCUT2D eigenvalue weighted by Gasteiger charge is -2.34. The quantitative estimate of drug-likeness (QED) is 0.781. The molecule has 2 aliphatic rings. The van der Waals surface area contributed by atoms with Crippen LogP contribution >= 0.6 is 11.6 Å². The summed E-state index contributed by atoms with van der Waals surface area (Å²) in [6.07, 6.45) is 5.40. The zero-order chi connectivity index (χ0) is 18.1. The van der Waals surface area contributed by atoms with E-state index in [1.807, 2.05) is 41.3 Å². The second-order valence-corrected chi connectivity index (χ2v) is 7.24. The van der Waals surface area contributed by atoms with Gasteiger partial charge in [-0.2, -0.15) is 0 Å². The van der Waals surface area contributed by atoms with Crippen molar-refractivity contribution in [2.24, 2.45) is 0 Å². The van der Waals surface area contributed by atoms with Crippen molar-refractivity contribution in [1.82, 2.24) is 14.8 Å². The molecule has 0 N–H and O–H groups in total. The van der Waals surface area contributed by atoms with Crippen molar-refractivity contribution in [3.63, 3.8) is 0 Å². The maximum atomic E-state index is 13.2. The first-order chi connectivity index (χ1) is 12.6. The normalized spacial score (nSPS) is 20.0. The molecule has 4 rings (SSSR count). The SMILES string of the molecule is CN1CCN(CN2C(=O)/C(=C\c3cccnc3)c3ccc(Cl)cc32)CC1. The van der Waals surface area contributed by atoms with E-state index >= 15 is 0 Å². The fourth-order valence-corrected chi connectivity index (χ4v) is 3.59. The maximum absolute atomic E-state index is 13.2. The Balaban J connectivity index is 1.67. The Kier molecular flexibility index (Phi) is 4.76. The Hall–Kier alpha value is -2.21. The first kappa shape index (κ1) is 17.2. The number of anilines is 1. The zero-order valence-corrected chi connectivity index (χ0v) is 15.5. The molecule has 1 aromatic heterocycles. The van der Waals surface area contributed by atoms with E-state index in [0.29, 0.717) is 17.3 Å². The first-order valence-corrected chi connectivity index (χ1v) is 9.14. The van der Waals surface area contributed by atoms with E-state index in [1.165, 1.54) is 0 Å². The molecule has 5 nitrogen and oxygen atoms in total.